The lowest BCUT2D eigenvalue weighted by Crippen LogP contribution is -2.37. The van der Waals surface area contributed by atoms with Crippen LogP contribution in [0.25, 0.3) is 5.69 Å². The van der Waals surface area contributed by atoms with Gasteiger partial charge in [0, 0.05) is 24.5 Å². The predicted octanol–water partition coefficient (Wildman–Crippen LogP) is 4.10. The Morgan fingerprint density at radius 2 is 1.83 bits per heavy atom. The van der Waals surface area contributed by atoms with Gasteiger partial charge in [-0.15, -0.1) is 0 Å². The molecule has 1 N–H and O–H groups in total. The molecule has 0 saturated heterocycles. The standard InChI is InChI=1S/C24H23FN4O/c1-16-17(2)29(21-9-7-20(25)8-10-21)24(22(16)13-26)27-23(30)15-28-12-11-18-5-3-4-6-19(18)14-28/h3-10H,11-12,14-15H2,1-2H3,(H,27,30). The summed E-state index contributed by atoms with van der Waals surface area (Å²) in [6.45, 7) is 5.52. The number of anilines is 1. The highest BCUT2D eigenvalue weighted by molar-refractivity contribution is 5.93. The van der Waals surface area contributed by atoms with Gasteiger partial charge in [0.15, 0.2) is 0 Å². The maximum absolute atomic E-state index is 13.4. The van der Waals surface area contributed by atoms with E-state index in [-0.39, 0.29) is 18.3 Å². The summed E-state index contributed by atoms with van der Waals surface area (Å²) in [5, 5.41) is 12.6. The second-order valence-corrected chi connectivity index (χ2v) is 7.64. The summed E-state index contributed by atoms with van der Waals surface area (Å²) < 4.78 is 15.2. The lowest BCUT2D eigenvalue weighted by molar-refractivity contribution is -0.117. The molecule has 0 radical (unpaired) electrons. The number of rotatable bonds is 4. The highest BCUT2D eigenvalue weighted by Gasteiger charge is 2.23. The number of carbonyl (C=O) groups is 1. The van der Waals surface area contributed by atoms with Crippen LogP contribution in [0, 0.1) is 31.0 Å². The number of aromatic nitrogens is 1. The molecule has 1 aromatic heterocycles. The van der Waals surface area contributed by atoms with E-state index in [0.717, 1.165) is 30.8 Å². The maximum atomic E-state index is 13.4. The number of amides is 1. The van der Waals surface area contributed by atoms with Gasteiger partial charge in [0.05, 0.1) is 12.1 Å². The Morgan fingerprint density at radius 1 is 1.13 bits per heavy atom. The summed E-state index contributed by atoms with van der Waals surface area (Å²) in [6, 6.07) is 16.5. The van der Waals surface area contributed by atoms with Crippen LogP contribution in [0.5, 0.6) is 0 Å². The predicted molar refractivity (Wildman–Crippen MR) is 114 cm³/mol. The van der Waals surface area contributed by atoms with E-state index in [1.165, 1.54) is 23.3 Å². The average molecular weight is 402 g/mol. The van der Waals surface area contributed by atoms with E-state index >= 15 is 0 Å². The number of fused-ring (bicyclic) bond motifs is 1. The zero-order chi connectivity index (χ0) is 21.3. The van der Waals surface area contributed by atoms with E-state index in [0.29, 0.717) is 17.1 Å². The number of carbonyl (C=O) groups excluding carboxylic acids is 1. The minimum Gasteiger partial charge on any atom is -0.310 e. The van der Waals surface area contributed by atoms with E-state index in [1.54, 1.807) is 16.7 Å². The van der Waals surface area contributed by atoms with Crippen LogP contribution in [0.15, 0.2) is 48.5 Å². The molecule has 3 aromatic rings. The van der Waals surface area contributed by atoms with Crippen LogP contribution >= 0.6 is 0 Å². The molecule has 0 unspecified atom stereocenters. The number of nitrogens with zero attached hydrogens (tertiary/aromatic N) is 3. The van der Waals surface area contributed by atoms with Gasteiger partial charge in [0.25, 0.3) is 0 Å². The molecule has 2 aromatic carbocycles. The summed E-state index contributed by atoms with van der Waals surface area (Å²) in [5.74, 6) is -0.0787. The van der Waals surface area contributed by atoms with Crippen molar-refractivity contribution in [1.82, 2.24) is 9.47 Å². The van der Waals surface area contributed by atoms with Crippen molar-refractivity contribution in [2.75, 3.05) is 18.4 Å². The minimum absolute atomic E-state index is 0.174. The molecule has 30 heavy (non-hydrogen) atoms. The van der Waals surface area contributed by atoms with Crippen LogP contribution in [-0.2, 0) is 17.8 Å². The fraction of sp³-hybridized carbons (Fsp3) is 0.250. The first-order chi connectivity index (χ1) is 14.5. The SMILES string of the molecule is Cc1c(C#N)c(NC(=O)CN2CCc3ccccc3C2)n(-c2ccc(F)cc2)c1C. The largest absolute Gasteiger partial charge is 0.310 e. The number of hydrogen-bond donors (Lipinski definition) is 1. The third-order valence-corrected chi connectivity index (χ3v) is 5.74. The topological polar surface area (TPSA) is 61.1 Å². The molecule has 1 aliphatic heterocycles. The lowest BCUT2D eigenvalue weighted by Gasteiger charge is -2.28. The number of nitriles is 1. The molecule has 6 heteroatoms. The molecule has 0 saturated carbocycles. The number of halogens is 1. The van der Waals surface area contributed by atoms with Crippen LogP contribution < -0.4 is 5.32 Å². The Labute approximate surface area is 175 Å². The summed E-state index contributed by atoms with van der Waals surface area (Å²) >= 11 is 0. The van der Waals surface area contributed by atoms with Gasteiger partial charge in [-0.2, -0.15) is 5.26 Å². The Morgan fingerprint density at radius 3 is 2.53 bits per heavy atom. The Kier molecular flexibility index (Phi) is 5.39. The molecule has 0 fully saturated rings. The monoisotopic (exact) mass is 402 g/mol. The molecule has 0 spiro atoms. The molecule has 152 valence electrons. The van der Waals surface area contributed by atoms with Crippen molar-refractivity contribution in [2.45, 2.75) is 26.8 Å². The van der Waals surface area contributed by atoms with Crippen molar-refractivity contribution in [2.24, 2.45) is 0 Å². The minimum atomic E-state index is -0.336. The molecular weight excluding hydrogens is 379 g/mol. The second-order valence-electron chi connectivity index (χ2n) is 7.64. The highest BCUT2D eigenvalue weighted by Crippen LogP contribution is 2.30. The third-order valence-electron chi connectivity index (χ3n) is 5.74. The molecule has 1 amide bonds. The zero-order valence-electron chi connectivity index (χ0n) is 17.1. The van der Waals surface area contributed by atoms with Crippen LogP contribution in [0.4, 0.5) is 10.2 Å². The molecule has 0 atom stereocenters. The van der Waals surface area contributed by atoms with Gasteiger partial charge in [-0.1, -0.05) is 24.3 Å². The summed E-state index contributed by atoms with van der Waals surface area (Å²) in [4.78, 5) is 15.0. The first-order valence-electron chi connectivity index (χ1n) is 9.95. The molecule has 2 heterocycles. The average Bonchev–Trinajstić information content (AvgIpc) is 2.98. The lowest BCUT2D eigenvalue weighted by atomic mass is 10.00. The third kappa shape index (κ3) is 3.72. The molecule has 1 aliphatic rings. The van der Waals surface area contributed by atoms with E-state index in [1.807, 2.05) is 26.0 Å². The first-order valence-corrected chi connectivity index (χ1v) is 9.95. The zero-order valence-corrected chi connectivity index (χ0v) is 17.1. The summed E-state index contributed by atoms with van der Waals surface area (Å²) in [7, 11) is 0. The van der Waals surface area contributed by atoms with Crippen LogP contribution in [-0.4, -0.2) is 28.5 Å². The van der Waals surface area contributed by atoms with Crippen molar-refractivity contribution in [3.8, 4) is 11.8 Å². The molecule has 0 aliphatic carbocycles. The van der Waals surface area contributed by atoms with Crippen LogP contribution in [0.1, 0.15) is 27.9 Å². The molecular formula is C24H23FN4O. The second kappa shape index (κ2) is 8.13. The Bertz CT molecular complexity index is 1140. The molecule has 0 bridgehead atoms. The van der Waals surface area contributed by atoms with Crippen molar-refractivity contribution < 1.29 is 9.18 Å². The molecule has 4 rings (SSSR count). The Hall–Kier alpha value is -3.43. The van der Waals surface area contributed by atoms with Gasteiger partial charge in [-0.05, 0) is 61.2 Å². The van der Waals surface area contributed by atoms with Crippen LogP contribution in [0.2, 0.25) is 0 Å². The summed E-state index contributed by atoms with van der Waals surface area (Å²) in [6.07, 6.45) is 0.914. The van der Waals surface area contributed by atoms with Crippen molar-refractivity contribution in [1.29, 1.82) is 5.26 Å². The first kappa shape index (κ1) is 19.9. The van der Waals surface area contributed by atoms with Gasteiger partial charge < -0.3 is 5.32 Å². The summed E-state index contributed by atoms with van der Waals surface area (Å²) in [5.41, 5.74) is 5.33. The van der Waals surface area contributed by atoms with Crippen molar-refractivity contribution >= 4 is 11.7 Å². The van der Waals surface area contributed by atoms with Crippen molar-refractivity contribution in [3.63, 3.8) is 0 Å². The molecule has 5 nitrogen and oxygen atoms in total. The normalized spacial score (nSPS) is 13.5. The quantitative estimate of drug-likeness (QED) is 0.715. The fourth-order valence-electron chi connectivity index (χ4n) is 4.04. The Balaban J connectivity index is 1.58. The highest BCUT2D eigenvalue weighted by atomic mass is 19.1. The van der Waals surface area contributed by atoms with Gasteiger partial charge >= 0.3 is 0 Å². The van der Waals surface area contributed by atoms with Gasteiger partial charge in [-0.3, -0.25) is 14.3 Å². The smallest absolute Gasteiger partial charge is 0.239 e. The van der Waals surface area contributed by atoms with Gasteiger partial charge in [0.2, 0.25) is 5.91 Å². The van der Waals surface area contributed by atoms with E-state index in [2.05, 4.69) is 28.4 Å². The van der Waals surface area contributed by atoms with E-state index in [9.17, 15) is 14.4 Å². The number of nitrogens with one attached hydrogen (secondary N) is 1. The van der Waals surface area contributed by atoms with Gasteiger partial charge in [0.1, 0.15) is 17.7 Å². The van der Waals surface area contributed by atoms with Crippen molar-refractivity contribution in [3.05, 3.63) is 82.3 Å². The number of hydrogen-bond acceptors (Lipinski definition) is 3. The van der Waals surface area contributed by atoms with E-state index < -0.39 is 0 Å². The maximum Gasteiger partial charge on any atom is 0.239 e. The fourth-order valence-corrected chi connectivity index (χ4v) is 4.04. The van der Waals surface area contributed by atoms with Crippen LogP contribution in [0.3, 0.4) is 0 Å². The number of benzene rings is 2. The van der Waals surface area contributed by atoms with E-state index in [4.69, 9.17) is 0 Å². The van der Waals surface area contributed by atoms with Gasteiger partial charge in [-0.25, -0.2) is 4.39 Å².